The zero-order valence-corrected chi connectivity index (χ0v) is 10.8. The summed E-state index contributed by atoms with van der Waals surface area (Å²) < 4.78 is 2.14. The van der Waals surface area contributed by atoms with Gasteiger partial charge in [-0.1, -0.05) is 30.3 Å². The van der Waals surface area contributed by atoms with E-state index >= 15 is 0 Å². The van der Waals surface area contributed by atoms with Crippen molar-refractivity contribution in [1.82, 2.24) is 9.78 Å². The number of fused-ring (bicyclic) bond motifs is 1. The van der Waals surface area contributed by atoms with Gasteiger partial charge < -0.3 is 5.73 Å². The van der Waals surface area contributed by atoms with Gasteiger partial charge in [-0.15, -0.1) is 0 Å². The molecule has 1 aliphatic carbocycles. The lowest BCUT2D eigenvalue weighted by molar-refractivity contribution is 0.537. The first-order chi connectivity index (χ1) is 8.75. The zero-order valence-electron chi connectivity index (χ0n) is 10.8. The highest BCUT2D eigenvalue weighted by molar-refractivity contribution is 5.32. The molecule has 3 nitrogen and oxygen atoms in total. The molecular formula is C15H19N3. The van der Waals surface area contributed by atoms with Gasteiger partial charge in [0.2, 0.25) is 0 Å². The summed E-state index contributed by atoms with van der Waals surface area (Å²) in [5.41, 5.74) is 11.2. The molecule has 1 aliphatic rings. The third-order valence-electron chi connectivity index (χ3n) is 3.76. The van der Waals surface area contributed by atoms with Crippen molar-refractivity contribution in [3.05, 3.63) is 52.8 Å². The van der Waals surface area contributed by atoms with Crippen LogP contribution in [-0.2, 0) is 13.0 Å². The van der Waals surface area contributed by atoms with Crippen LogP contribution < -0.4 is 5.73 Å². The first-order valence-corrected chi connectivity index (χ1v) is 6.61. The fourth-order valence-electron chi connectivity index (χ4n) is 2.91. The number of nitrogens with two attached hydrogens (primary N) is 1. The van der Waals surface area contributed by atoms with Crippen LogP contribution >= 0.6 is 0 Å². The fourth-order valence-corrected chi connectivity index (χ4v) is 2.91. The van der Waals surface area contributed by atoms with E-state index in [2.05, 4.69) is 41.0 Å². The monoisotopic (exact) mass is 241 g/mol. The molecule has 1 aromatic carbocycles. The zero-order chi connectivity index (χ0) is 12.5. The Hall–Kier alpha value is -1.61. The molecule has 0 saturated heterocycles. The fraction of sp³-hybridized carbons (Fsp3) is 0.400. The molecule has 2 N–H and O–H groups in total. The summed E-state index contributed by atoms with van der Waals surface area (Å²) in [6, 6.07) is 10.7. The molecule has 2 aromatic rings. The van der Waals surface area contributed by atoms with Crippen molar-refractivity contribution in [1.29, 1.82) is 0 Å². The molecule has 1 heterocycles. The molecule has 3 heteroatoms. The minimum Gasteiger partial charge on any atom is -0.324 e. The normalized spacial score (nSPS) is 18.7. The van der Waals surface area contributed by atoms with E-state index in [-0.39, 0.29) is 6.04 Å². The Morgan fingerprint density at radius 1 is 1.33 bits per heavy atom. The summed E-state index contributed by atoms with van der Waals surface area (Å²) in [4.78, 5) is 0. The molecule has 1 aromatic heterocycles. The van der Waals surface area contributed by atoms with Crippen LogP contribution in [0.5, 0.6) is 0 Å². The number of hydrogen-bond acceptors (Lipinski definition) is 2. The Morgan fingerprint density at radius 2 is 2.11 bits per heavy atom. The maximum atomic E-state index is 6.20. The Labute approximate surface area is 108 Å². The average Bonchev–Trinajstić information content (AvgIpc) is 2.69. The first kappa shape index (κ1) is 11.5. The summed E-state index contributed by atoms with van der Waals surface area (Å²) in [5, 5.41) is 4.67. The van der Waals surface area contributed by atoms with Crippen LogP contribution in [0.3, 0.4) is 0 Å². The predicted octanol–water partition coefficient (Wildman–Crippen LogP) is 2.58. The Kier molecular flexibility index (Phi) is 2.92. The SMILES string of the molecule is Cc1nn(Cc2ccccc2)c2c1[C@@H](N)CCC2. The molecule has 3 rings (SSSR count). The minimum absolute atomic E-state index is 0.179. The minimum atomic E-state index is 0.179. The molecule has 0 amide bonds. The van der Waals surface area contributed by atoms with Crippen molar-refractivity contribution in [2.75, 3.05) is 0 Å². The van der Waals surface area contributed by atoms with Crippen molar-refractivity contribution in [3.8, 4) is 0 Å². The van der Waals surface area contributed by atoms with E-state index in [4.69, 9.17) is 5.73 Å². The quantitative estimate of drug-likeness (QED) is 0.878. The molecule has 0 spiro atoms. The lowest BCUT2D eigenvalue weighted by atomic mass is 9.92. The third kappa shape index (κ3) is 1.95. The summed E-state index contributed by atoms with van der Waals surface area (Å²) in [6.07, 6.45) is 3.37. The van der Waals surface area contributed by atoms with Gasteiger partial charge in [0.1, 0.15) is 0 Å². The van der Waals surface area contributed by atoms with Crippen molar-refractivity contribution >= 4 is 0 Å². The number of nitrogens with zero attached hydrogens (tertiary/aromatic N) is 2. The molecule has 0 bridgehead atoms. The molecule has 0 unspecified atom stereocenters. The van der Waals surface area contributed by atoms with E-state index in [9.17, 15) is 0 Å². The number of hydrogen-bond donors (Lipinski definition) is 1. The number of aromatic nitrogens is 2. The average molecular weight is 241 g/mol. The van der Waals surface area contributed by atoms with E-state index in [1.807, 2.05) is 6.07 Å². The highest BCUT2D eigenvalue weighted by atomic mass is 15.3. The van der Waals surface area contributed by atoms with Crippen LogP contribution in [-0.4, -0.2) is 9.78 Å². The molecule has 94 valence electrons. The predicted molar refractivity (Wildman–Crippen MR) is 72.4 cm³/mol. The summed E-state index contributed by atoms with van der Waals surface area (Å²) >= 11 is 0. The molecule has 0 radical (unpaired) electrons. The standard InChI is InChI=1S/C15H19N3/c1-11-15-13(16)8-5-9-14(15)18(17-11)10-12-6-3-2-4-7-12/h2-4,6-7,13H,5,8-10,16H2,1H3/t13-/m0/s1. The molecule has 1 atom stereocenters. The highest BCUT2D eigenvalue weighted by Gasteiger charge is 2.24. The van der Waals surface area contributed by atoms with E-state index in [1.54, 1.807) is 0 Å². The van der Waals surface area contributed by atoms with E-state index in [0.717, 1.165) is 25.1 Å². The van der Waals surface area contributed by atoms with Gasteiger partial charge >= 0.3 is 0 Å². The van der Waals surface area contributed by atoms with Gasteiger partial charge in [0, 0.05) is 17.3 Å². The Balaban J connectivity index is 1.96. The maximum absolute atomic E-state index is 6.20. The van der Waals surface area contributed by atoms with Crippen LogP contribution in [0.4, 0.5) is 0 Å². The van der Waals surface area contributed by atoms with E-state index < -0.39 is 0 Å². The van der Waals surface area contributed by atoms with E-state index in [1.165, 1.54) is 23.2 Å². The second-order valence-corrected chi connectivity index (χ2v) is 5.09. The van der Waals surface area contributed by atoms with E-state index in [0.29, 0.717) is 0 Å². The van der Waals surface area contributed by atoms with Crippen molar-refractivity contribution in [3.63, 3.8) is 0 Å². The summed E-state index contributed by atoms with van der Waals surface area (Å²) in [7, 11) is 0. The highest BCUT2D eigenvalue weighted by Crippen LogP contribution is 2.30. The van der Waals surface area contributed by atoms with Gasteiger partial charge in [0.15, 0.2) is 0 Å². The number of benzene rings is 1. The van der Waals surface area contributed by atoms with Gasteiger partial charge in [-0.05, 0) is 31.7 Å². The summed E-state index contributed by atoms with van der Waals surface area (Å²) in [5.74, 6) is 0. The summed E-state index contributed by atoms with van der Waals surface area (Å²) in [6.45, 7) is 2.93. The molecule has 0 aliphatic heterocycles. The second kappa shape index (κ2) is 4.58. The smallest absolute Gasteiger partial charge is 0.0662 e. The molecular weight excluding hydrogens is 222 g/mol. The number of aryl methyl sites for hydroxylation is 1. The largest absolute Gasteiger partial charge is 0.324 e. The Bertz CT molecular complexity index is 542. The topological polar surface area (TPSA) is 43.8 Å². The lowest BCUT2D eigenvalue weighted by Crippen LogP contribution is -2.19. The first-order valence-electron chi connectivity index (χ1n) is 6.61. The number of rotatable bonds is 2. The van der Waals surface area contributed by atoms with Crippen LogP contribution in [0.15, 0.2) is 30.3 Å². The van der Waals surface area contributed by atoms with Crippen molar-refractivity contribution in [2.24, 2.45) is 5.73 Å². The van der Waals surface area contributed by atoms with Crippen molar-refractivity contribution in [2.45, 2.75) is 38.8 Å². The molecule has 18 heavy (non-hydrogen) atoms. The third-order valence-corrected chi connectivity index (χ3v) is 3.76. The molecule has 0 saturated carbocycles. The molecule has 0 fully saturated rings. The van der Waals surface area contributed by atoms with Gasteiger partial charge in [-0.25, -0.2) is 0 Å². The van der Waals surface area contributed by atoms with Crippen LogP contribution in [0.1, 0.15) is 41.4 Å². The van der Waals surface area contributed by atoms with Gasteiger partial charge in [-0.3, -0.25) is 4.68 Å². The van der Waals surface area contributed by atoms with Gasteiger partial charge in [-0.2, -0.15) is 5.10 Å². The Morgan fingerprint density at radius 3 is 2.89 bits per heavy atom. The van der Waals surface area contributed by atoms with Gasteiger partial charge in [0.25, 0.3) is 0 Å². The lowest BCUT2D eigenvalue weighted by Gasteiger charge is -2.20. The van der Waals surface area contributed by atoms with Crippen molar-refractivity contribution < 1.29 is 0 Å². The maximum Gasteiger partial charge on any atom is 0.0662 e. The second-order valence-electron chi connectivity index (χ2n) is 5.09. The van der Waals surface area contributed by atoms with Gasteiger partial charge in [0.05, 0.1) is 12.2 Å². The van der Waals surface area contributed by atoms with Crippen LogP contribution in [0, 0.1) is 6.92 Å². The van der Waals surface area contributed by atoms with Crippen LogP contribution in [0.25, 0.3) is 0 Å². The van der Waals surface area contributed by atoms with Crippen LogP contribution in [0.2, 0.25) is 0 Å².